The third-order valence-corrected chi connectivity index (χ3v) is 7.69. The molecule has 1 unspecified atom stereocenters. The molecule has 5 rings (SSSR count). The second-order valence-electron chi connectivity index (χ2n) is 11.5. The van der Waals surface area contributed by atoms with E-state index in [9.17, 15) is 13.6 Å². The fourth-order valence-electron chi connectivity index (χ4n) is 5.70. The Labute approximate surface area is 228 Å². The Morgan fingerprint density at radius 2 is 2.05 bits per heavy atom. The molecule has 1 amide bonds. The summed E-state index contributed by atoms with van der Waals surface area (Å²) in [6.07, 6.45) is 1.13. The van der Waals surface area contributed by atoms with Gasteiger partial charge >= 0.3 is 12.1 Å². The number of carbonyl (C=O) groups is 1. The van der Waals surface area contributed by atoms with Crippen molar-refractivity contribution in [3.05, 3.63) is 17.2 Å². The molecular formula is C25H31ClF4N6O3. The zero-order valence-electron chi connectivity index (χ0n) is 21.9. The average Bonchev–Trinajstić information content (AvgIpc) is 3.35. The number of fused-ring (bicyclic) bond motifs is 2. The van der Waals surface area contributed by atoms with Crippen molar-refractivity contribution in [2.45, 2.75) is 75.7 Å². The van der Waals surface area contributed by atoms with Gasteiger partial charge in [-0.2, -0.15) is 9.97 Å². The summed E-state index contributed by atoms with van der Waals surface area (Å²) in [5.41, 5.74) is -1.57. The van der Waals surface area contributed by atoms with Crippen molar-refractivity contribution in [1.82, 2.24) is 25.2 Å². The number of alkyl halides is 3. The number of anilines is 1. The van der Waals surface area contributed by atoms with Crippen LogP contribution in [0.5, 0.6) is 6.01 Å². The van der Waals surface area contributed by atoms with Gasteiger partial charge in [0.15, 0.2) is 11.0 Å². The molecule has 9 nitrogen and oxygen atoms in total. The molecule has 0 bridgehead atoms. The van der Waals surface area contributed by atoms with E-state index in [-0.39, 0.29) is 42.3 Å². The molecule has 0 aliphatic carbocycles. The van der Waals surface area contributed by atoms with Crippen molar-refractivity contribution in [1.29, 1.82) is 0 Å². The van der Waals surface area contributed by atoms with Crippen LogP contribution in [0.3, 0.4) is 0 Å². The normalized spacial score (nSPS) is 27.0. The van der Waals surface area contributed by atoms with E-state index in [4.69, 9.17) is 21.1 Å². The molecule has 14 heteroatoms. The van der Waals surface area contributed by atoms with E-state index in [2.05, 4.69) is 20.3 Å². The van der Waals surface area contributed by atoms with Crippen LogP contribution in [0.15, 0.2) is 6.20 Å². The van der Waals surface area contributed by atoms with Gasteiger partial charge in [0.25, 0.3) is 5.92 Å². The van der Waals surface area contributed by atoms with Crippen LogP contribution in [0.25, 0.3) is 10.9 Å². The zero-order chi connectivity index (χ0) is 28.2. The van der Waals surface area contributed by atoms with Crippen molar-refractivity contribution in [3.63, 3.8) is 0 Å². The number of hydrogen-bond donors (Lipinski definition) is 1. The number of ether oxygens (including phenoxy) is 2. The molecule has 214 valence electrons. The molecule has 3 saturated heterocycles. The topological polar surface area (TPSA) is 92.7 Å². The molecule has 1 N–H and O–H groups in total. The van der Waals surface area contributed by atoms with Gasteiger partial charge in [-0.1, -0.05) is 11.6 Å². The van der Waals surface area contributed by atoms with E-state index in [0.717, 1.165) is 19.4 Å². The third kappa shape index (κ3) is 5.65. The summed E-state index contributed by atoms with van der Waals surface area (Å²) in [6.45, 7) is 5.32. The summed E-state index contributed by atoms with van der Waals surface area (Å²) in [6, 6.07) is -1.69. The molecule has 2 aromatic rings. The predicted octanol–water partition coefficient (Wildman–Crippen LogP) is 4.51. The van der Waals surface area contributed by atoms with Gasteiger partial charge in [-0.25, -0.2) is 27.3 Å². The lowest BCUT2D eigenvalue weighted by Crippen LogP contribution is -2.59. The number of carbonyl (C=O) groups excluding carboxylic acids is 1. The molecule has 0 saturated carbocycles. The van der Waals surface area contributed by atoms with Crippen LogP contribution in [-0.2, 0) is 4.74 Å². The van der Waals surface area contributed by atoms with E-state index in [1.807, 2.05) is 4.90 Å². The van der Waals surface area contributed by atoms with Crippen LogP contribution < -0.4 is 15.0 Å². The Morgan fingerprint density at radius 3 is 2.77 bits per heavy atom. The molecule has 5 heterocycles. The van der Waals surface area contributed by atoms with Gasteiger partial charge in [0.2, 0.25) is 0 Å². The SMILES string of the molecule is CC(C)(C)OC(=O)NC1CCN(c2nc(OC[C@@]34CCCN3C[C@H](F)C4)nc3c(F)c(Cl)ncc23)CC1(F)F. The lowest BCUT2D eigenvalue weighted by Gasteiger charge is -2.39. The number of alkyl carbamates (subject to hydrolysis) is 1. The number of amides is 1. The summed E-state index contributed by atoms with van der Waals surface area (Å²) in [5, 5.41) is 1.91. The number of hydrogen-bond acceptors (Lipinski definition) is 8. The lowest BCUT2D eigenvalue weighted by molar-refractivity contribution is -0.0459. The standard InChI is InChI=1S/C25H31ClF4N6O3/c1-23(2,3)39-22(37)32-16-5-8-35(12-25(16,29)30)20-15-10-31-19(26)17(28)18(15)33-21(34-20)38-13-24-6-4-7-36(24)11-14(27)9-24/h10,14,16H,4-9,11-13H2,1-3H3,(H,32,37)/t14-,16?,24+/m1/s1. The average molecular weight is 575 g/mol. The first-order chi connectivity index (χ1) is 18.3. The molecule has 3 fully saturated rings. The number of piperidine rings is 1. The highest BCUT2D eigenvalue weighted by Gasteiger charge is 2.50. The molecule has 3 aliphatic rings. The number of halogens is 5. The van der Waals surface area contributed by atoms with Gasteiger partial charge in [0.1, 0.15) is 29.7 Å². The minimum absolute atomic E-state index is 0.00373. The molecule has 2 aromatic heterocycles. The Balaban J connectivity index is 1.40. The maximum Gasteiger partial charge on any atom is 0.408 e. The van der Waals surface area contributed by atoms with Crippen molar-refractivity contribution in [2.75, 3.05) is 37.7 Å². The van der Waals surface area contributed by atoms with Crippen LogP contribution >= 0.6 is 11.6 Å². The Hall–Kier alpha value is -2.67. The number of rotatable bonds is 5. The minimum atomic E-state index is -3.37. The molecule has 3 atom stereocenters. The van der Waals surface area contributed by atoms with Crippen molar-refractivity contribution in [2.24, 2.45) is 0 Å². The Bertz CT molecular complexity index is 1260. The quantitative estimate of drug-likeness (QED) is 0.412. The second kappa shape index (κ2) is 10.1. The fourth-order valence-corrected chi connectivity index (χ4v) is 5.84. The highest BCUT2D eigenvalue weighted by atomic mass is 35.5. The first-order valence-electron chi connectivity index (χ1n) is 12.9. The van der Waals surface area contributed by atoms with Crippen LogP contribution in [-0.4, -0.2) is 88.0 Å². The van der Waals surface area contributed by atoms with E-state index >= 15 is 8.78 Å². The number of nitrogens with zero attached hydrogens (tertiary/aromatic N) is 5. The molecule has 0 radical (unpaired) electrons. The van der Waals surface area contributed by atoms with Crippen LogP contribution in [0, 0.1) is 5.82 Å². The molecule has 0 spiro atoms. The van der Waals surface area contributed by atoms with Gasteiger partial charge in [-0.3, -0.25) is 4.90 Å². The van der Waals surface area contributed by atoms with Crippen molar-refractivity contribution in [3.8, 4) is 6.01 Å². The van der Waals surface area contributed by atoms with Gasteiger partial charge in [0, 0.05) is 25.7 Å². The molecule has 39 heavy (non-hydrogen) atoms. The molecule has 3 aliphatic heterocycles. The summed E-state index contributed by atoms with van der Waals surface area (Å²) in [4.78, 5) is 27.8. The van der Waals surface area contributed by atoms with E-state index in [1.54, 1.807) is 20.8 Å². The number of pyridine rings is 1. The lowest BCUT2D eigenvalue weighted by atomic mass is 9.95. The zero-order valence-corrected chi connectivity index (χ0v) is 22.7. The maximum absolute atomic E-state index is 15.2. The minimum Gasteiger partial charge on any atom is -0.461 e. The van der Waals surface area contributed by atoms with Crippen LogP contribution in [0.4, 0.5) is 28.2 Å². The van der Waals surface area contributed by atoms with Crippen LogP contribution in [0.1, 0.15) is 46.5 Å². The van der Waals surface area contributed by atoms with Gasteiger partial charge in [0.05, 0.1) is 23.5 Å². The van der Waals surface area contributed by atoms with E-state index in [0.29, 0.717) is 13.0 Å². The van der Waals surface area contributed by atoms with Gasteiger partial charge < -0.3 is 19.7 Å². The Kier molecular flexibility index (Phi) is 7.19. The van der Waals surface area contributed by atoms with E-state index < -0.39 is 52.9 Å². The monoisotopic (exact) mass is 574 g/mol. The molecule has 0 aromatic carbocycles. The predicted molar refractivity (Wildman–Crippen MR) is 136 cm³/mol. The largest absolute Gasteiger partial charge is 0.461 e. The molecular weight excluding hydrogens is 544 g/mol. The number of nitrogens with one attached hydrogen (secondary N) is 1. The van der Waals surface area contributed by atoms with E-state index in [1.165, 1.54) is 11.1 Å². The third-order valence-electron chi connectivity index (χ3n) is 7.42. The summed E-state index contributed by atoms with van der Waals surface area (Å²) < 4.78 is 70.7. The summed E-state index contributed by atoms with van der Waals surface area (Å²) >= 11 is 5.88. The van der Waals surface area contributed by atoms with Crippen LogP contribution in [0.2, 0.25) is 5.15 Å². The summed E-state index contributed by atoms with van der Waals surface area (Å²) in [5.74, 6) is -4.29. The second-order valence-corrected chi connectivity index (χ2v) is 11.8. The first kappa shape index (κ1) is 27.9. The van der Waals surface area contributed by atoms with Gasteiger partial charge in [-0.15, -0.1) is 0 Å². The first-order valence-corrected chi connectivity index (χ1v) is 13.3. The summed E-state index contributed by atoms with van der Waals surface area (Å²) in [7, 11) is 0. The van der Waals surface area contributed by atoms with Crippen molar-refractivity contribution >= 4 is 34.4 Å². The smallest absolute Gasteiger partial charge is 0.408 e. The highest BCUT2D eigenvalue weighted by Crippen LogP contribution is 2.41. The van der Waals surface area contributed by atoms with Crippen molar-refractivity contribution < 1.29 is 31.8 Å². The maximum atomic E-state index is 15.2. The fraction of sp³-hybridized carbons (Fsp3) is 0.680. The number of aromatic nitrogens is 3. The Morgan fingerprint density at radius 1 is 1.28 bits per heavy atom. The van der Waals surface area contributed by atoms with Gasteiger partial charge in [-0.05, 0) is 46.6 Å². The highest BCUT2D eigenvalue weighted by molar-refractivity contribution is 6.30.